The average molecular weight is 445 g/mol. The van der Waals surface area contributed by atoms with Crippen LogP contribution in [0, 0.1) is 17.2 Å². The van der Waals surface area contributed by atoms with Gasteiger partial charge in [0.15, 0.2) is 0 Å². The van der Waals surface area contributed by atoms with Crippen molar-refractivity contribution in [2.24, 2.45) is 13.0 Å². The lowest BCUT2D eigenvalue weighted by atomic mass is 9.87. The van der Waals surface area contributed by atoms with E-state index in [1.54, 1.807) is 29.8 Å². The van der Waals surface area contributed by atoms with E-state index < -0.39 is 0 Å². The molecular weight excluding hydrogens is 412 g/mol. The molecule has 6 heteroatoms. The Hall–Kier alpha value is -3.33. The Morgan fingerprint density at radius 3 is 2.55 bits per heavy atom. The van der Waals surface area contributed by atoms with Gasteiger partial charge in [-0.25, -0.2) is 4.98 Å². The van der Waals surface area contributed by atoms with Gasteiger partial charge in [0, 0.05) is 38.5 Å². The summed E-state index contributed by atoms with van der Waals surface area (Å²) in [5.74, 6) is 1.22. The molecule has 1 aliphatic heterocycles. The van der Waals surface area contributed by atoms with E-state index in [0.717, 1.165) is 42.9 Å². The molecule has 0 N–H and O–H groups in total. The second-order valence-electron chi connectivity index (χ2n) is 9.94. The van der Waals surface area contributed by atoms with Crippen molar-refractivity contribution < 1.29 is 4.74 Å². The Labute approximate surface area is 195 Å². The average Bonchev–Trinajstić information content (AvgIpc) is 2.81. The lowest BCUT2D eigenvalue weighted by molar-refractivity contribution is 0.110. The van der Waals surface area contributed by atoms with Crippen LogP contribution in [0.4, 0.5) is 5.69 Å². The van der Waals surface area contributed by atoms with Crippen LogP contribution in [0.25, 0.3) is 11.0 Å². The molecule has 3 heterocycles. The predicted octanol–water partition coefficient (Wildman–Crippen LogP) is 4.79. The first-order chi connectivity index (χ1) is 15.7. The van der Waals surface area contributed by atoms with Crippen LogP contribution < -0.4 is 15.2 Å². The number of piperidine rings is 1. The van der Waals surface area contributed by atoms with Gasteiger partial charge in [-0.05, 0) is 41.7 Å². The summed E-state index contributed by atoms with van der Waals surface area (Å²) in [7, 11) is 1.74. The number of hydrogen-bond donors (Lipinski definition) is 0. The van der Waals surface area contributed by atoms with Crippen LogP contribution >= 0.6 is 0 Å². The number of hydrogen-bond acceptors (Lipinski definition) is 5. The lowest BCUT2D eigenvalue weighted by Gasteiger charge is -2.39. The summed E-state index contributed by atoms with van der Waals surface area (Å²) in [5, 5.41) is 9.33. The highest BCUT2D eigenvalue weighted by atomic mass is 16.5. The summed E-state index contributed by atoms with van der Waals surface area (Å²) < 4.78 is 8.01. The molecule has 1 saturated heterocycles. The fourth-order valence-corrected chi connectivity index (χ4v) is 4.60. The first kappa shape index (κ1) is 22.8. The normalized spacial score (nSPS) is 18.8. The van der Waals surface area contributed by atoms with Crippen LogP contribution in [0.3, 0.4) is 0 Å². The van der Waals surface area contributed by atoms with Crippen molar-refractivity contribution in [1.29, 1.82) is 5.26 Å². The van der Waals surface area contributed by atoms with Crippen LogP contribution in [0.5, 0.6) is 5.75 Å². The van der Waals surface area contributed by atoms with E-state index in [0.29, 0.717) is 17.1 Å². The highest BCUT2D eigenvalue weighted by Gasteiger charge is 2.31. The van der Waals surface area contributed by atoms with E-state index in [2.05, 4.69) is 67.9 Å². The van der Waals surface area contributed by atoms with E-state index in [1.165, 1.54) is 5.56 Å². The molecule has 0 spiro atoms. The maximum Gasteiger partial charge on any atom is 0.252 e. The quantitative estimate of drug-likeness (QED) is 0.579. The number of benzene rings is 1. The molecule has 1 aromatic carbocycles. The van der Waals surface area contributed by atoms with Crippen molar-refractivity contribution >= 4 is 16.7 Å². The van der Waals surface area contributed by atoms with Crippen LogP contribution in [-0.2, 0) is 12.5 Å². The molecule has 33 heavy (non-hydrogen) atoms. The minimum absolute atomic E-state index is 0.0747. The van der Waals surface area contributed by atoms with E-state index >= 15 is 0 Å². The molecule has 0 saturated carbocycles. The number of aromatic nitrogens is 2. The molecule has 0 bridgehead atoms. The molecule has 1 fully saturated rings. The number of rotatable bonds is 4. The summed E-state index contributed by atoms with van der Waals surface area (Å²) in [5.41, 5.74) is 3.92. The predicted molar refractivity (Wildman–Crippen MR) is 132 cm³/mol. The minimum Gasteiger partial charge on any atom is -0.490 e. The van der Waals surface area contributed by atoms with Gasteiger partial charge in [0.25, 0.3) is 5.56 Å². The van der Waals surface area contributed by atoms with Gasteiger partial charge in [-0.1, -0.05) is 39.8 Å². The number of aryl methyl sites for hydroxylation is 1. The second kappa shape index (κ2) is 8.90. The number of pyridine rings is 2. The fraction of sp³-hybridized carbons (Fsp3) is 0.444. The number of fused-ring (bicyclic) bond motifs is 1. The SMILES string of the molecule is CCC1CN(c2cc(=O)n(C)c3ccc(C#N)nc23)CCC1Oc1ccc(C(C)(C)C)cc1. The third-order valence-corrected chi connectivity index (χ3v) is 6.72. The van der Waals surface area contributed by atoms with Crippen molar-refractivity contribution in [1.82, 2.24) is 9.55 Å². The smallest absolute Gasteiger partial charge is 0.252 e. The van der Waals surface area contributed by atoms with Gasteiger partial charge in [-0.2, -0.15) is 5.26 Å². The number of nitrogens with zero attached hydrogens (tertiary/aromatic N) is 4. The summed E-state index contributed by atoms with van der Waals surface area (Å²) in [6.07, 6.45) is 1.95. The molecule has 3 aromatic rings. The topological polar surface area (TPSA) is 71.2 Å². The van der Waals surface area contributed by atoms with Gasteiger partial charge in [-0.15, -0.1) is 0 Å². The molecule has 172 valence electrons. The van der Waals surface area contributed by atoms with Crippen LogP contribution in [0.15, 0.2) is 47.3 Å². The summed E-state index contributed by atoms with van der Waals surface area (Å²) in [6.45, 7) is 10.4. The first-order valence-electron chi connectivity index (χ1n) is 11.6. The van der Waals surface area contributed by atoms with E-state index in [9.17, 15) is 10.1 Å². The Morgan fingerprint density at radius 2 is 1.91 bits per heavy atom. The van der Waals surface area contributed by atoms with Gasteiger partial charge in [0.05, 0.1) is 11.2 Å². The first-order valence-corrected chi connectivity index (χ1v) is 11.6. The third-order valence-electron chi connectivity index (χ3n) is 6.72. The molecule has 0 radical (unpaired) electrons. The zero-order valence-electron chi connectivity index (χ0n) is 20.1. The molecule has 0 amide bonds. The van der Waals surface area contributed by atoms with Crippen LogP contribution in [-0.4, -0.2) is 28.7 Å². The molecule has 6 nitrogen and oxygen atoms in total. The molecule has 4 rings (SSSR count). The van der Waals surface area contributed by atoms with E-state index in [4.69, 9.17) is 4.74 Å². The Balaban J connectivity index is 1.58. The summed E-state index contributed by atoms with van der Waals surface area (Å²) >= 11 is 0. The van der Waals surface area contributed by atoms with Crippen molar-refractivity contribution in [2.45, 2.75) is 52.1 Å². The molecular formula is C27H32N4O2. The zero-order valence-corrected chi connectivity index (χ0v) is 20.1. The third kappa shape index (κ3) is 4.59. The highest BCUT2D eigenvalue weighted by molar-refractivity contribution is 5.88. The fourth-order valence-electron chi connectivity index (χ4n) is 4.60. The number of anilines is 1. The number of ether oxygens (including phenoxy) is 1. The maximum atomic E-state index is 12.6. The standard InChI is InChI=1S/C27H32N4O2/c1-6-18-17-31(14-13-24(18)33-21-10-7-19(8-11-21)27(2,3)4)23-15-25(32)30(5)22-12-9-20(16-28)29-26(22)23/h7-12,15,18,24H,6,13-14,17H2,1-5H3. The minimum atomic E-state index is -0.0747. The van der Waals surface area contributed by atoms with Crippen molar-refractivity contribution in [3.63, 3.8) is 0 Å². The monoisotopic (exact) mass is 444 g/mol. The second-order valence-corrected chi connectivity index (χ2v) is 9.94. The molecule has 1 aliphatic rings. The van der Waals surface area contributed by atoms with Crippen molar-refractivity contribution in [2.75, 3.05) is 18.0 Å². The Kier molecular flexibility index (Phi) is 6.16. The molecule has 2 unspecified atom stereocenters. The van der Waals surface area contributed by atoms with Gasteiger partial charge in [-0.3, -0.25) is 4.79 Å². The Bertz CT molecular complexity index is 1250. The van der Waals surface area contributed by atoms with Gasteiger partial charge in [0.2, 0.25) is 0 Å². The number of nitriles is 1. The molecule has 2 aromatic heterocycles. The van der Waals surface area contributed by atoms with Crippen LogP contribution in [0.2, 0.25) is 0 Å². The van der Waals surface area contributed by atoms with E-state index in [1.807, 2.05) is 0 Å². The largest absolute Gasteiger partial charge is 0.490 e. The summed E-state index contributed by atoms with van der Waals surface area (Å²) in [6, 6.07) is 15.7. The van der Waals surface area contributed by atoms with E-state index in [-0.39, 0.29) is 17.1 Å². The summed E-state index contributed by atoms with van der Waals surface area (Å²) in [4.78, 5) is 19.4. The lowest BCUT2D eigenvalue weighted by Crippen LogP contribution is -2.46. The zero-order chi connectivity index (χ0) is 23.8. The van der Waals surface area contributed by atoms with Gasteiger partial charge in [0.1, 0.15) is 29.1 Å². The Morgan fingerprint density at radius 1 is 1.18 bits per heavy atom. The maximum absolute atomic E-state index is 12.6. The molecule has 0 aliphatic carbocycles. The highest BCUT2D eigenvalue weighted by Crippen LogP contribution is 2.32. The van der Waals surface area contributed by atoms with Gasteiger partial charge < -0.3 is 14.2 Å². The van der Waals surface area contributed by atoms with Crippen molar-refractivity contribution in [3.8, 4) is 11.8 Å². The van der Waals surface area contributed by atoms with Crippen molar-refractivity contribution in [3.05, 3.63) is 64.1 Å². The molecule has 2 atom stereocenters. The van der Waals surface area contributed by atoms with Gasteiger partial charge >= 0.3 is 0 Å². The van der Waals surface area contributed by atoms with Crippen LogP contribution in [0.1, 0.15) is 51.8 Å².